The van der Waals surface area contributed by atoms with Gasteiger partial charge in [0, 0.05) is 5.41 Å². The number of fused-ring (bicyclic) bond motifs is 1. The first-order chi connectivity index (χ1) is 12.8. The minimum absolute atomic E-state index is 0.00792. The Hall–Kier alpha value is -1.15. The molecule has 1 heterocycles. The smallest absolute Gasteiger partial charge is 0.151 e. The quantitative estimate of drug-likeness (QED) is 0.412. The van der Waals surface area contributed by atoms with Crippen LogP contribution in [0, 0.1) is 0 Å². The molecular weight excluding hydrogens is 352 g/mol. The Morgan fingerprint density at radius 3 is 1.96 bits per heavy atom. The summed E-state index contributed by atoms with van der Waals surface area (Å²) in [6.07, 6.45) is 9.30. The Kier molecular flexibility index (Phi) is 7.68. The fourth-order valence-corrected chi connectivity index (χ4v) is 4.28. The van der Waals surface area contributed by atoms with Gasteiger partial charge in [0.2, 0.25) is 0 Å². The first-order valence-corrected chi connectivity index (χ1v) is 11.2. The van der Waals surface area contributed by atoms with E-state index in [2.05, 4.69) is 59.7 Å². The van der Waals surface area contributed by atoms with Gasteiger partial charge in [0.25, 0.3) is 0 Å². The minimum Gasteiger partial charge on any atom is -0.247 e. The van der Waals surface area contributed by atoms with E-state index in [1.807, 2.05) is 0 Å². The van der Waals surface area contributed by atoms with Gasteiger partial charge < -0.3 is 0 Å². The van der Waals surface area contributed by atoms with Crippen molar-refractivity contribution >= 4 is 22.6 Å². The van der Waals surface area contributed by atoms with Crippen LogP contribution in [0.3, 0.4) is 0 Å². The molecule has 0 aliphatic heterocycles. The molecule has 1 aromatic carbocycles. The first-order valence-electron chi connectivity index (χ1n) is 10.8. The molecule has 150 valence electrons. The van der Waals surface area contributed by atoms with Crippen LogP contribution in [-0.2, 0) is 10.8 Å². The molecule has 27 heavy (non-hydrogen) atoms. The molecule has 0 aliphatic rings. The molecule has 2 aromatic rings. The van der Waals surface area contributed by atoms with Crippen molar-refractivity contribution in [2.45, 2.75) is 104 Å². The van der Waals surface area contributed by atoms with Crippen molar-refractivity contribution in [1.82, 2.24) is 9.97 Å². The molecule has 2 nitrogen and oxygen atoms in total. The van der Waals surface area contributed by atoms with Crippen molar-refractivity contribution < 1.29 is 0 Å². The van der Waals surface area contributed by atoms with Crippen molar-refractivity contribution in [3.8, 4) is 0 Å². The van der Waals surface area contributed by atoms with Gasteiger partial charge >= 0.3 is 0 Å². The van der Waals surface area contributed by atoms with E-state index >= 15 is 0 Å². The highest BCUT2D eigenvalue weighted by Gasteiger charge is 2.30. The lowest BCUT2D eigenvalue weighted by Crippen LogP contribution is -2.24. The molecule has 0 bridgehead atoms. The van der Waals surface area contributed by atoms with E-state index in [-0.39, 0.29) is 10.8 Å². The first kappa shape index (κ1) is 22.1. The van der Waals surface area contributed by atoms with Gasteiger partial charge in [-0.25, -0.2) is 9.97 Å². The maximum Gasteiger partial charge on any atom is 0.151 e. The molecule has 3 heteroatoms. The van der Waals surface area contributed by atoms with Crippen molar-refractivity contribution in [2.75, 3.05) is 0 Å². The fraction of sp³-hybridized carbons (Fsp3) is 0.667. The number of rotatable bonds is 10. The summed E-state index contributed by atoms with van der Waals surface area (Å²) in [5, 5.41) is 0.576. The summed E-state index contributed by atoms with van der Waals surface area (Å²) < 4.78 is 0. The Bertz CT molecular complexity index is 757. The Labute approximate surface area is 171 Å². The Balaban J connectivity index is 2.47. The number of nitrogens with zero attached hydrogens (tertiary/aromatic N) is 2. The van der Waals surface area contributed by atoms with Crippen LogP contribution in [0.4, 0.5) is 0 Å². The number of halogens is 1. The zero-order chi connectivity index (χ0) is 20.1. The number of benzene rings is 1. The lowest BCUT2D eigenvalue weighted by atomic mass is 9.76. The van der Waals surface area contributed by atoms with Crippen LogP contribution in [0.15, 0.2) is 18.2 Å². The standard InChI is InChI=1S/C24H37ClN2/c1-7-11-15-23(5,9-3)18-13-14-19-20(17-18)27-22(25)21(26-19)24(6,10-4)16-12-8-2/h13-14,17H,7-12,15-16H2,1-6H3. The average molecular weight is 389 g/mol. The van der Waals surface area contributed by atoms with Gasteiger partial charge in [-0.3, -0.25) is 0 Å². The molecule has 0 saturated heterocycles. The largest absolute Gasteiger partial charge is 0.247 e. The number of hydrogen-bond acceptors (Lipinski definition) is 2. The van der Waals surface area contributed by atoms with Crippen molar-refractivity contribution in [3.05, 3.63) is 34.6 Å². The zero-order valence-electron chi connectivity index (χ0n) is 18.2. The average Bonchev–Trinajstić information content (AvgIpc) is 2.69. The van der Waals surface area contributed by atoms with Crippen LogP contribution < -0.4 is 0 Å². The summed E-state index contributed by atoms with van der Waals surface area (Å²) in [4.78, 5) is 9.78. The third-order valence-electron chi connectivity index (χ3n) is 6.62. The minimum atomic E-state index is -0.00792. The van der Waals surface area contributed by atoms with E-state index in [0.29, 0.717) is 5.15 Å². The summed E-state index contributed by atoms with van der Waals surface area (Å²) in [7, 11) is 0. The second kappa shape index (κ2) is 9.37. The summed E-state index contributed by atoms with van der Waals surface area (Å²) in [6.45, 7) is 13.6. The van der Waals surface area contributed by atoms with Crippen molar-refractivity contribution in [2.24, 2.45) is 0 Å². The van der Waals surface area contributed by atoms with Crippen molar-refractivity contribution in [3.63, 3.8) is 0 Å². The monoisotopic (exact) mass is 388 g/mol. The van der Waals surface area contributed by atoms with Crippen molar-refractivity contribution in [1.29, 1.82) is 0 Å². The molecule has 0 spiro atoms. The number of aromatic nitrogens is 2. The van der Waals surface area contributed by atoms with Gasteiger partial charge in [-0.1, -0.05) is 84.9 Å². The highest BCUT2D eigenvalue weighted by molar-refractivity contribution is 6.30. The van der Waals surface area contributed by atoms with Gasteiger partial charge in [0.05, 0.1) is 16.7 Å². The predicted octanol–water partition coefficient (Wildman–Crippen LogP) is 8.00. The molecule has 2 atom stereocenters. The van der Waals surface area contributed by atoms with E-state index in [1.165, 1.54) is 37.7 Å². The van der Waals surface area contributed by atoms with Crippen LogP contribution in [0.5, 0.6) is 0 Å². The normalized spacial score (nSPS) is 16.3. The maximum absolute atomic E-state index is 6.66. The molecule has 0 amide bonds. The van der Waals surface area contributed by atoms with E-state index in [1.54, 1.807) is 0 Å². The molecule has 0 saturated carbocycles. The third-order valence-corrected chi connectivity index (χ3v) is 6.88. The molecule has 2 rings (SSSR count). The highest BCUT2D eigenvalue weighted by Crippen LogP contribution is 2.38. The van der Waals surface area contributed by atoms with Gasteiger partial charge in [-0.15, -0.1) is 0 Å². The lowest BCUT2D eigenvalue weighted by Gasteiger charge is -2.30. The summed E-state index contributed by atoms with van der Waals surface area (Å²) in [5.41, 5.74) is 4.38. The molecule has 0 fully saturated rings. The summed E-state index contributed by atoms with van der Waals surface area (Å²) >= 11 is 6.66. The molecule has 0 aliphatic carbocycles. The molecule has 0 radical (unpaired) electrons. The molecule has 1 aromatic heterocycles. The molecule has 0 N–H and O–H groups in total. The Morgan fingerprint density at radius 2 is 1.41 bits per heavy atom. The fourth-order valence-electron chi connectivity index (χ4n) is 3.91. The highest BCUT2D eigenvalue weighted by atomic mass is 35.5. The van der Waals surface area contributed by atoms with E-state index < -0.39 is 0 Å². The molecule has 2 unspecified atom stereocenters. The predicted molar refractivity (Wildman–Crippen MR) is 119 cm³/mol. The van der Waals surface area contributed by atoms with E-state index in [9.17, 15) is 0 Å². The summed E-state index contributed by atoms with van der Waals surface area (Å²) in [6, 6.07) is 6.61. The van der Waals surface area contributed by atoms with Crippen LogP contribution in [0.1, 0.15) is 104 Å². The Morgan fingerprint density at radius 1 is 0.815 bits per heavy atom. The van der Waals surface area contributed by atoms with Gasteiger partial charge in [-0.05, 0) is 48.8 Å². The van der Waals surface area contributed by atoms with Crippen LogP contribution >= 0.6 is 11.6 Å². The van der Waals surface area contributed by atoms with Gasteiger partial charge in [0.15, 0.2) is 5.15 Å². The maximum atomic E-state index is 6.66. The van der Waals surface area contributed by atoms with E-state index in [0.717, 1.165) is 36.0 Å². The van der Waals surface area contributed by atoms with Crippen LogP contribution in [0.2, 0.25) is 5.15 Å². The lowest BCUT2D eigenvalue weighted by molar-refractivity contribution is 0.392. The van der Waals surface area contributed by atoms with Gasteiger partial charge in [0.1, 0.15) is 0 Å². The second-order valence-corrected chi connectivity index (χ2v) is 8.96. The zero-order valence-corrected chi connectivity index (χ0v) is 18.9. The van der Waals surface area contributed by atoms with Gasteiger partial charge in [-0.2, -0.15) is 0 Å². The number of hydrogen-bond donors (Lipinski definition) is 0. The van der Waals surface area contributed by atoms with Crippen LogP contribution in [0.25, 0.3) is 11.0 Å². The number of unbranched alkanes of at least 4 members (excludes halogenated alkanes) is 2. The van der Waals surface area contributed by atoms with Crippen LogP contribution in [-0.4, -0.2) is 9.97 Å². The summed E-state index contributed by atoms with van der Waals surface area (Å²) in [5.74, 6) is 0. The topological polar surface area (TPSA) is 25.8 Å². The second-order valence-electron chi connectivity index (χ2n) is 8.60. The third kappa shape index (κ3) is 4.83. The SMILES string of the molecule is CCCCC(C)(CC)c1ccc2nc(C(C)(CC)CCCC)c(Cl)nc2c1. The van der Waals surface area contributed by atoms with E-state index in [4.69, 9.17) is 21.6 Å². The molecular formula is C24H37ClN2.